The van der Waals surface area contributed by atoms with E-state index < -0.39 is 17.7 Å². The first-order chi connectivity index (χ1) is 13.0. The summed E-state index contributed by atoms with van der Waals surface area (Å²) in [5.74, 6) is -2.37. The number of aromatic nitrogens is 1. The molecule has 0 fully saturated rings. The number of anilines is 2. The zero-order chi connectivity index (χ0) is 19.2. The molecular formula is C20H18N4O3. The highest BCUT2D eigenvalue weighted by atomic mass is 16.5. The quantitative estimate of drug-likeness (QED) is 0.460. The zero-order valence-corrected chi connectivity index (χ0v) is 14.6. The Morgan fingerprint density at radius 3 is 2.26 bits per heavy atom. The van der Waals surface area contributed by atoms with Crippen LogP contribution in [-0.4, -0.2) is 22.7 Å². The molecule has 1 heterocycles. The lowest BCUT2D eigenvalue weighted by Gasteiger charge is -2.16. The van der Waals surface area contributed by atoms with Crippen LogP contribution in [0.4, 0.5) is 11.4 Å². The van der Waals surface area contributed by atoms with E-state index >= 15 is 0 Å². The van der Waals surface area contributed by atoms with Gasteiger partial charge in [0.2, 0.25) is 11.8 Å². The molecule has 1 unspecified atom stereocenters. The molecule has 2 aromatic carbocycles. The minimum atomic E-state index is -1.24. The molecule has 7 nitrogen and oxygen atoms in total. The van der Waals surface area contributed by atoms with Gasteiger partial charge in [-0.2, -0.15) is 0 Å². The number of carbonyl (C=O) groups is 2. The number of nitrogens with zero attached hydrogens (tertiary/aromatic N) is 1. The number of rotatable bonds is 6. The van der Waals surface area contributed by atoms with Crippen molar-refractivity contribution in [1.29, 1.82) is 5.41 Å². The van der Waals surface area contributed by atoms with Gasteiger partial charge in [0.1, 0.15) is 12.0 Å². The van der Waals surface area contributed by atoms with E-state index in [0.29, 0.717) is 17.1 Å². The Labute approximate surface area is 155 Å². The molecule has 3 N–H and O–H groups in total. The number of carbonyl (C=O) groups excluding carboxylic acids is 2. The van der Waals surface area contributed by atoms with Gasteiger partial charge in [-0.15, -0.1) is 0 Å². The van der Waals surface area contributed by atoms with Gasteiger partial charge >= 0.3 is 0 Å². The molecule has 0 saturated carbocycles. The molecule has 0 saturated heterocycles. The van der Waals surface area contributed by atoms with Gasteiger partial charge < -0.3 is 20.6 Å². The Morgan fingerprint density at radius 2 is 1.63 bits per heavy atom. The van der Waals surface area contributed by atoms with Crippen molar-refractivity contribution >= 4 is 28.9 Å². The van der Waals surface area contributed by atoms with Crippen molar-refractivity contribution < 1.29 is 14.1 Å². The van der Waals surface area contributed by atoms with Gasteiger partial charge in [-0.05, 0) is 31.2 Å². The van der Waals surface area contributed by atoms with E-state index in [-0.39, 0.29) is 5.71 Å². The average molecular weight is 362 g/mol. The lowest BCUT2D eigenvalue weighted by atomic mass is 10.0. The fourth-order valence-corrected chi connectivity index (χ4v) is 2.58. The highest BCUT2D eigenvalue weighted by Gasteiger charge is 2.29. The average Bonchev–Trinajstić information content (AvgIpc) is 3.17. The molecular weight excluding hydrogens is 344 g/mol. The predicted molar refractivity (Wildman–Crippen MR) is 103 cm³/mol. The fraction of sp³-hybridized carbons (Fsp3) is 0.100. The van der Waals surface area contributed by atoms with E-state index in [4.69, 9.17) is 9.93 Å². The summed E-state index contributed by atoms with van der Waals surface area (Å²) in [6.07, 6.45) is 1.46. The van der Waals surface area contributed by atoms with Crippen molar-refractivity contribution in [3.8, 4) is 11.3 Å². The third-order valence-corrected chi connectivity index (χ3v) is 3.86. The fourth-order valence-electron chi connectivity index (χ4n) is 2.58. The van der Waals surface area contributed by atoms with Gasteiger partial charge in [0.25, 0.3) is 0 Å². The van der Waals surface area contributed by atoms with Crippen LogP contribution >= 0.6 is 0 Å². The van der Waals surface area contributed by atoms with Crippen molar-refractivity contribution in [2.75, 3.05) is 10.6 Å². The molecule has 2 amide bonds. The number of benzene rings is 2. The minimum Gasteiger partial charge on any atom is -0.364 e. The summed E-state index contributed by atoms with van der Waals surface area (Å²) in [4.78, 5) is 25.1. The second-order valence-electron chi connectivity index (χ2n) is 5.93. The van der Waals surface area contributed by atoms with Crippen LogP contribution in [0.5, 0.6) is 0 Å². The molecule has 0 aliphatic carbocycles. The summed E-state index contributed by atoms with van der Waals surface area (Å²) in [5, 5.41) is 17.1. The summed E-state index contributed by atoms with van der Waals surface area (Å²) in [6, 6.07) is 17.5. The van der Waals surface area contributed by atoms with Crippen LogP contribution < -0.4 is 10.6 Å². The number of hydrogen-bond acceptors (Lipinski definition) is 5. The largest absolute Gasteiger partial charge is 0.364 e. The molecule has 0 bridgehead atoms. The van der Waals surface area contributed by atoms with Crippen LogP contribution in [0.2, 0.25) is 0 Å². The molecule has 0 aliphatic rings. The Morgan fingerprint density at radius 1 is 0.963 bits per heavy atom. The number of amides is 2. The molecule has 7 heteroatoms. The Balaban J connectivity index is 1.75. The smallest absolute Gasteiger partial charge is 0.242 e. The lowest BCUT2D eigenvalue weighted by molar-refractivity contribution is -0.126. The Bertz CT molecular complexity index is 952. The number of nitrogens with one attached hydrogen (secondary N) is 3. The van der Waals surface area contributed by atoms with Crippen LogP contribution in [0.25, 0.3) is 11.3 Å². The van der Waals surface area contributed by atoms with Crippen LogP contribution in [0.1, 0.15) is 6.92 Å². The van der Waals surface area contributed by atoms with E-state index in [1.165, 1.54) is 13.2 Å². The van der Waals surface area contributed by atoms with Crippen LogP contribution in [0.3, 0.4) is 0 Å². The second-order valence-corrected chi connectivity index (χ2v) is 5.93. The van der Waals surface area contributed by atoms with Crippen molar-refractivity contribution in [3.05, 3.63) is 66.9 Å². The van der Waals surface area contributed by atoms with Gasteiger partial charge in [-0.25, -0.2) is 0 Å². The van der Waals surface area contributed by atoms with Gasteiger partial charge in [0.15, 0.2) is 5.92 Å². The SMILES string of the molecule is CC(=N)C(C(=O)Nc1ccccc1)C(=O)Nc1cccc(-c2ccon2)c1. The topological polar surface area (TPSA) is 108 Å². The third-order valence-electron chi connectivity index (χ3n) is 3.86. The Kier molecular flexibility index (Phi) is 5.41. The molecule has 0 radical (unpaired) electrons. The molecule has 136 valence electrons. The van der Waals surface area contributed by atoms with E-state index in [9.17, 15) is 9.59 Å². The first kappa shape index (κ1) is 18.1. The summed E-state index contributed by atoms with van der Waals surface area (Å²) in [6.45, 7) is 1.43. The van der Waals surface area contributed by atoms with E-state index in [1.54, 1.807) is 48.5 Å². The predicted octanol–water partition coefficient (Wildman–Crippen LogP) is 3.57. The van der Waals surface area contributed by atoms with Crippen LogP contribution in [0.15, 0.2) is 71.4 Å². The van der Waals surface area contributed by atoms with Gasteiger partial charge in [0, 0.05) is 28.7 Å². The molecule has 0 aliphatic heterocycles. The van der Waals surface area contributed by atoms with Gasteiger partial charge in [0.05, 0.1) is 0 Å². The van der Waals surface area contributed by atoms with Crippen molar-refractivity contribution in [3.63, 3.8) is 0 Å². The van der Waals surface area contributed by atoms with E-state index in [2.05, 4.69) is 15.8 Å². The molecule has 1 aromatic heterocycles. The highest BCUT2D eigenvalue weighted by molar-refractivity contribution is 6.24. The first-order valence-corrected chi connectivity index (χ1v) is 8.27. The van der Waals surface area contributed by atoms with Crippen molar-refractivity contribution in [1.82, 2.24) is 5.16 Å². The standard InChI is InChI=1S/C20H18N4O3/c1-13(21)18(19(25)22-15-7-3-2-4-8-15)20(26)23-16-9-5-6-14(12-16)17-10-11-27-24-17/h2-12,18,21H,1H3,(H,22,25)(H,23,26). The van der Waals surface area contributed by atoms with E-state index in [0.717, 1.165) is 5.56 Å². The van der Waals surface area contributed by atoms with Gasteiger partial charge in [-0.1, -0.05) is 35.5 Å². The normalized spacial score (nSPS) is 11.4. The lowest BCUT2D eigenvalue weighted by Crippen LogP contribution is -2.38. The summed E-state index contributed by atoms with van der Waals surface area (Å²) < 4.78 is 4.83. The minimum absolute atomic E-state index is 0.0476. The summed E-state index contributed by atoms with van der Waals surface area (Å²) in [5.41, 5.74) is 2.41. The number of para-hydroxylation sites is 1. The molecule has 0 spiro atoms. The zero-order valence-electron chi connectivity index (χ0n) is 14.6. The highest BCUT2D eigenvalue weighted by Crippen LogP contribution is 2.21. The summed E-state index contributed by atoms with van der Waals surface area (Å²) in [7, 11) is 0. The molecule has 3 rings (SSSR count). The maximum Gasteiger partial charge on any atom is 0.242 e. The summed E-state index contributed by atoms with van der Waals surface area (Å²) >= 11 is 0. The first-order valence-electron chi connectivity index (χ1n) is 8.27. The van der Waals surface area contributed by atoms with Gasteiger partial charge in [-0.3, -0.25) is 9.59 Å². The number of hydrogen-bond donors (Lipinski definition) is 3. The maximum absolute atomic E-state index is 12.6. The third kappa shape index (κ3) is 4.46. The van der Waals surface area contributed by atoms with E-state index in [1.807, 2.05) is 12.1 Å². The molecule has 1 atom stereocenters. The molecule has 3 aromatic rings. The van der Waals surface area contributed by atoms with Crippen molar-refractivity contribution in [2.24, 2.45) is 5.92 Å². The van der Waals surface area contributed by atoms with Crippen LogP contribution in [-0.2, 0) is 9.59 Å². The second kappa shape index (κ2) is 8.09. The van der Waals surface area contributed by atoms with Crippen LogP contribution in [0, 0.1) is 11.3 Å². The Hall–Kier alpha value is -3.74. The monoisotopic (exact) mass is 362 g/mol. The molecule has 27 heavy (non-hydrogen) atoms. The maximum atomic E-state index is 12.6. The van der Waals surface area contributed by atoms with Crippen molar-refractivity contribution in [2.45, 2.75) is 6.92 Å².